The van der Waals surface area contributed by atoms with E-state index in [0.29, 0.717) is 5.56 Å². The highest BCUT2D eigenvalue weighted by Gasteiger charge is 2.18. The number of ether oxygens (including phenoxy) is 1. The van der Waals surface area contributed by atoms with Crippen LogP contribution in [-0.4, -0.2) is 12.0 Å². The molecular weight excluding hydrogens is 172 g/mol. The summed E-state index contributed by atoms with van der Waals surface area (Å²) in [5.41, 5.74) is 5.78. The number of nitro groups is 1. The summed E-state index contributed by atoms with van der Waals surface area (Å²) in [6, 6.07) is 4.83. The van der Waals surface area contributed by atoms with Gasteiger partial charge in [-0.2, -0.15) is 0 Å². The van der Waals surface area contributed by atoms with Crippen LogP contribution < -0.4 is 10.5 Å². The Kier molecular flexibility index (Phi) is 2.81. The van der Waals surface area contributed by atoms with Gasteiger partial charge in [-0.1, -0.05) is 12.1 Å². The van der Waals surface area contributed by atoms with E-state index in [1.807, 2.05) is 0 Å². The molecule has 0 heterocycles. The van der Waals surface area contributed by atoms with Crippen molar-refractivity contribution in [3.05, 3.63) is 33.9 Å². The van der Waals surface area contributed by atoms with E-state index in [0.717, 1.165) is 0 Å². The van der Waals surface area contributed by atoms with Crippen molar-refractivity contribution in [1.29, 1.82) is 0 Å². The van der Waals surface area contributed by atoms with Crippen LogP contribution in [0, 0.1) is 10.1 Å². The summed E-state index contributed by atoms with van der Waals surface area (Å²) in [5.74, 6) is 0.243. The molecule has 0 radical (unpaired) electrons. The van der Waals surface area contributed by atoms with Crippen molar-refractivity contribution < 1.29 is 9.66 Å². The molecule has 13 heavy (non-hydrogen) atoms. The van der Waals surface area contributed by atoms with E-state index >= 15 is 0 Å². The number of methoxy groups -OCH3 is 1. The number of hydrogen-bond acceptors (Lipinski definition) is 4. The van der Waals surface area contributed by atoms with Crippen LogP contribution in [0.5, 0.6) is 5.75 Å². The van der Waals surface area contributed by atoms with Crippen LogP contribution in [0.2, 0.25) is 0 Å². The average Bonchev–Trinajstić information content (AvgIpc) is 2.16. The van der Waals surface area contributed by atoms with Crippen molar-refractivity contribution >= 4 is 5.69 Å². The van der Waals surface area contributed by atoms with Crippen LogP contribution >= 0.6 is 0 Å². The Labute approximate surface area is 75.3 Å². The molecule has 0 fully saturated rings. The van der Waals surface area contributed by atoms with Crippen LogP contribution in [0.15, 0.2) is 18.2 Å². The molecule has 0 saturated heterocycles. The first-order valence-corrected chi connectivity index (χ1v) is 3.71. The molecule has 0 unspecified atom stereocenters. The molecule has 0 atom stereocenters. The van der Waals surface area contributed by atoms with E-state index in [2.05, 4.69) is 0 Å². The molecule has 5 heteroatoms. The van der Waals surface area contributed by atoms with Gasteiger partial charge >= 0.3 is 5.69 Å². The number of hydrogen-bond donors (Lipinski definition) is 1. The topological polar surface area (TPSA) is 78.4 Å². The van der Waals surface area contributed by atoms with Gasteiger partial charge in [0.05, 0.1) is 12.0 Å². The normalized spacial score (nSPS) is 9.69. The van der Waals surface area contributed by atoms with Crippen molar-refractivity contribution in [1.82, 2.24) is 0 Å². The zero-order chi connectivity index (χ0) is 9.84. The van der Waals surface area contributed by atoms with E-state index in [-0.39, 0.29) is 18.0 Å². The molecule has 1 rings (SSSR count). The maximum Gasteiger partial charge on any atom is 0.315 e. The lowest BCUT2D eigenvalue weighted by Crippen LogP contribution is -2.03. The fourth-order valence-electron chi connectivity index (χ4n) is 1.10. The van der Waals surface area contributed by atoms with Gasteiger partial charge in [0.1, 0.15) is 0 Å². The van der Waals surface area contributed by atoms with Crippen molar-refractivity contribution in [3.8, 4) is 5.75 Å². The fourth-order valence-corrected chi connectivity index (χ4v) is 1.10. The van der Waals surface area contributed by atoms with Crippen molar-refractivity contribution in [3.63, 3.8) is 0 Å². The molecule has 0 spiro atoms. The smallest absolute Gasteiger partial charge is 0.315 e. The third-order valence-electron chi connectivity index (χ3n) is 1.70. The van der Waals surface area contributed by atoms with Gasteiger partial charge in [-0.05, 0) is 6.07 Å². The predicted octanol–water partition coefficient (Wildman–Crippen LogP) is 1.06. The number of para-hydroxylation sites is 1. The lowest BCUT2D eigenvalue weighted by Gasteiger charge is -2.04. The van der Waals surface area contributed by atoms with Gasteiger partial charge in [0.15, 0.2) is 5.75 Å². The molecule has 0 aliphatic heterocycles. The zero-order valence-electron chi connectivity index (χ0n) is 7.19. The molecule has 1 aromatic carbocycles. The first kappa shape index (κ1) is 9.47. The van der Waals surface area contributed by atoms with Crippen molar-refractivity contribution in [2.75, 3.05) is 7.11 Å². The summed E-state index contributed by atoms with van der Waals surface area (Å²) in [7, 11) is 1.39. The summed E-state index contributed by atoms with van der Waals surface area (Å²) in [6.45, 7) is 0.132. The van der Waals surface area contributed by atoms with E-state index < -0.39 is 4.92 Å². The van der Waals surface area contributed by atoms with Gasteiger partial charge in [0.2, 0.25) is 0 Å². The maximum absolute atomic E-state index is 10.6. The fraction of sp³-hybridized carbons (Fsp3) is 0.250. The summed E-state index contributed by atoms with van der Waals surface area (Å²) in [6.07, 6.45) is 0. The average molecular weight is 182 g/mol. The molecule has 0 aromatic heterocycles. The first-order valence-electron chi connectivity index (χ1n) is 3.71. The third-order valence-corrected chi connectivity index (χ3v) is 1.70. The second-order valence-corrected chi connectivity index (χ2v) is 2.43. The highest BCUT2D eigenvalue weighted by atomic mass is 16.6. The molecule has 0 aliphatic carbocycles. The van der Waals surface area contributed by atoms with Gasteiger partial charge in [-0.15, -0.1) is 0 Å². The van der Waals surface area contributed by atoms with Gasteiger partial charge in [-0.3, -0.25) is 10.1 Å². The number of nitrogens with zero attached hydrogens (tertiary/aromatic N) is 1. The number of nitrogens with two attached hydrogens (primary N) is 1. The highest BCUT2D eigenvalue weighted by molar-refractivity contribution is 5.52. The lowest BCUT2D eigenvalue weighted by atomic mass is 10.1. The molecule has 0 bridgehead atoms. The Morgan fingerprint density at radius 2 is 2.31 bits per heavy atom. The quantitative estimate of drug-likeness (QED) is 0.560. The molecule has 0 amide bonds. The monoisotopic (exact) mass is 182 g/mol. The highest BCUT2D eigenvalue weighted by Crippen LogP contribution is 2.29. The third kappa shape index (κ3) is 1.75. The van der Waals surface area contributed by atoms with Crippen molar-refractivity contribution in [2.45, 2.75) is 6.54 Å². The minimum atomic E-state index is -0.485. The summed E-state index contributed by atoms with van der Waals surface area (Å²) in [4.78, 5) is 10.1. The molecule has 0 saturated carbocycles. The van der Waals surface area contributed by atoms with Gasteiger partial charge in [0.25, 0.3) is 0 Å². The molecule has 0 aliphatic rings. The Bertz CT molecular complexity index is 303. The minimum Gasteiger partial charge on any atom is -0.490 e. The summed E-state index contributed by atoms with van der Waals surface area (Å²) >= 11 is 0. The standard InChI is InChI=1S/C8H10N2O3/c1-13-7-4-2-3-6(5-9)8(7)10(11)12/h2-4H,5,9H2,1H3. The Hall–Kier alpha value is -1.62. The van der Waals surface area contributed by atoms with Crippen LogP contribution in [0.1, 0.15) is 5.56 Å². The Morgan fingerprint density at radius 3 is 2.77 bits per heavy atom. The minimum absolute atomic E-state index is 0.0486. The van der Waals surface area contributed by atoms with Gasteiger partial charge < -0.3 is 10.5 Å². The van der Waals surface area contributed by atoms with Crippen LogP contribution in [0.25, 0.3) is 0 Å². The molecule has 5 nitrogen and oxygen atoms in total. The predicted molar refractivity (Wildman–Crippen MR) is 47.5 cm³/mol. The summed E-state index contributed by atoms with van der Waals surface area (Å²) < 4.78 is 4.85. The molecule has 70 valence electrons. The molecular formula is C8H10N2O3. The largest absolute Gasteiger partial charge is 0.490 e. The zero-order valence-corrected chi connectivity index (χ0v) is 7.19. The van der Waals surface area contributed by atoms with Gasteiger partial charge in [-0.25, -0.2) is 0 Å². The number of benzene rings is 1. The second kappa shape index (κ2) is 3.86. The first-order chi connectivity index (χ1) is 6.20. The Morgan fingerprint density at radius 1 is 1.62 bits per heavy atom. The molecule has 2 N–H and O–H groups in total. The molecule has 1 aromatic rings. The number of rotatable bonds is 3. The van der Waals surface area contributed by atoms with E-state index in [1.54, 1.807) is 12.1 Å². The summed E-state index contributed by atoms with van der Waals surface area (Å²) in [5, 5.41) is 10.6. The van der Waals surface area contributed by atoms with E-state index in [1.165, 1.54) is 13.2 Å². The maximum atomic E-state index is 10.6. The van der Waals surface area contributed by atoms with Gasteiger partial charge in [0, 0.05) is 12.1 Å². The lowest BCUT2D eigenvalue weighted by molar-refractivity contribution is -0.386. The van der Waals surface area contributed by atoms with E-state index in [9.17, 15) is 10.1 Å². The van der Waals surface area contributed by atoms with Crippen LogP contribution in [0.3, 0.4) is 0 Å². The SMILES string of the molecule is COc1cccc(CN)c1[N+](=O)[O-]. The van der Waals surface area contributed by atoms with Crippen LogP contribution in [-0.2, 0) is 6.54 Å². The van der Waals surface area contributed by atoms with E-state index in [4.69, 9.17) is 10.5 Å². The van der Waals surface area contributed by atoms with Crippen LogP contribution in [0.4, 0.5) is 5.69 Å². The number of nitro benzene ring substituents is 1. The second-order valence-electron chi connectivity index (χ2n) is 2.43. The Balaban J connectivity index is 3.29. The van der Waals surface area contributed by atoms with Crippen molar-refractivity contribution in [2.24, 2.45) is 5.73 Å².